The van der Waals surface area contributed by atoms with Crippen molar-refractivity contribution in [2.45, 2.75) is 46.4 Å². The van der Waals surface area contributed by atoms with Crippen molar-refractivity contribution >= 4 is 68.6 Å². The van der Waals surface area contributed by atoms with Crippen LogP contribution in [0.5, 0.6) is 17.2 Å². The number of hydrogen-bond donors (Lipinski definition) is 0. The lowest BCUT2D eigenvalue weighted by atomic mass is 9.95. The van der Waals surface area contributed by atoms with Gasteiger partial charge in [-0.1, -0.05) is 35.6 Å². The van der Waals surface area contributed by atoms with Gasteiger partial charge in [0.05, 0.1) is 60.4 Å². The van der Waals surface area contributed by atoms with Crippen LogP contribution in [0, 0.1) is 18.5 Å². The van der Waals surface area contributed by atoms with Gasteiger partial charge in [-0.05, 0) is 120 Å². The number of esters is 1. The molecule has 0 bridgehead atoms. The van der Waals surface area contributed by atoms with Crippen LogP contribution in [-0.4, -0.2) is 30.4 Å². The summed E-state index contributed by atoms with van der Waals surface area (Å²) in [6.07, 6.45) is 1.75. The molecule has 0 radical (unpaired) electrons. The van der Waals surface area contributed by atoms with Crippen molar-refractivity contribution in [1.82, 2.24) is 4.57 Å². The third-order valence-electron chi connectivity index (χ3n) is 7.21. The monoisotopic (exact) mass is 875 g/mol. The minimum atomic E-state index is -0.790. The number of aromatic nitrogens is 1. The summed E-state index contributed by atoms with van der Waals surface area (Å²) in [5.41, 5.74) is 3.32. The number of ether oxygens (including phenoxy) is 4. The zero-order valence-corrected chi connectivity index (χ0v) is 31.4. The largest absolute Gasteiger partial charge is 0.493 e. The number of nitriles is 1. The molecule has 3 aromatic carbocycles. The molecule has 0 amide bonds. The minimum Gasteiger partial charge on any atom is -0.493 e. The van der Waals surface area contributed by atoms with Crippen LogP contribution in [0.2, 0.25) is 0 Å². The van der Waals surface area contributed by atoms with E-state index in [1.807, 2.05) is 56.3 Å². The number of thiazole rings is 1. The van der Waals surface area contributed by atoms with E-state index in [0.717, 1.165) is 18.3 Å². The molecule has 5 rings (SSSR count). The molecular formula is C35H31I2N3O6S. The van der Waals surface area contributed by atoms with E-state index in [1.54, 1.807) is 43.7 Å². The van der Waals surface area contributed by atoms with Crippen molar-refractivity contribution in [3.05, 3.63) is 115 Å². The molecule has 0 spiro atoms. The highest BCUT2D eigenvalue weighted by Crippen LogP contribution is 2.37. The van der Waals surface area contributed by atoms with E-state index >= 15 is 0 Å². The van der Waals surface area contributed by atoms with Crippen molar-refractivity contribution in [1.29, 1.82) is 5.26 Å². The van der Waals surface area contributed by atoms with Crippen molar-refractivity contribution in [3.63, 3.8) is 0 Å². The van der Waals surface area contributed by atoms with Crippen molar-refractivity contribution in [2.75, 3.05) is 13.7 Å². The van der Waals surface area contributed by atoms with Crippen LogP contribution in [0.3, 0.4) is 0 Å². The Kier molecular flexibility index (Phi) is 11.1. The maximum absolute atomic E-state index is 14.2. The molecule has 1 aliphatic rings. The lowest BCUT2D eigenvalue weighted by molar-refractivity contribution is -0.139. The Balaban J connectivity index is 1.58. The Hall–Kier alpha value is -3.68. The van der Waals surface area contributed by atoms with Gasteiger partial charge in [0, 0.05) is 5.56 Å². The predicted octanol–water partition coefficient (Wildman–Crippen LogP) is 6.25. The summed E-state index contributed by atoms with van der Waals surface area (Å²) in [7, 11) is 1.55. The molecule has 1 aliphatic heterocycles. The van der Waals surface area contributed by atoms with Crippen LogP contribution in [0.4, 0.5) is 0 Å². The average molecular weight is 876 g/mol. The van der Waals surface area contributed by atoms with Gasteiger partial charge in [0.2, 0.25) is 0 Å². The number of fused-ring (bicyclic) bond motifs is 1. The number of carbonyl (C=O) groups is 1. The summed E-state index contributed by atoms with van der Waals surface area (Å²) >= 11 is 5.68. The Labute approximate surface area is 303 Å². The SMILES string of the molecule is CCOC(=O)C1=C(C)N=c2s/c(=C\c3cc(I)c(OCc4ccccc4C#N)c(I)c3)c(=O)n2[C@@H]1c1ccc(OC(C)C)c(OC)c1. The second kappa shape index (κ2) is 15.0. The summed E-state index contributed by atoms with van der Waals surface area (Å²) in [5.74, 6) is 1.21. The lowest BCUT2D eigenvalue weighted by Gasteiger charge is -2.25. The number of benzene rings is 3. The van der Waals surface area contributed by atoms with Crippen LogP contribution in [0.15, 0.2) is 75.7 Å². The van der Waals surface area contributed by atoms with E-state index in [4.69, 9.17) is 18.9 Å². The summed E-state index contributed by atoms with van der Waals surface area (Å²) in [4.78, 5) is 32.6. The van der Waals surface area contributed by atoms with Gasteiger partial charge in [-0.2, -0.15) is 5.26 Å². The third-order valence-corrected chi connectivity index (χ3v) is 9.80. The lowest BCUT2D eigenvalue weighted by Crippen LogP contribution is -2.40. The summed E-state index contributed by atoms with van der Waals surface area (Å²) < 4.78 is 26.8. The first-order valence-corrected chi connectivity index (χ1v) is 17.7. The van der Waals surface area contributed by atoms with Crippen molar-refractivity contribution < 1.29 is 23.7 Å². The highest BCUT2D eigenvalue weighted by molar-refractivity contribution is 14.1. The summed E-state index contributed by atoms with van der Waals surface area (Å²) in [5, 5.41) is 9.43. The van der Waals surface area contributed by atoms with Gasteiger partial charge in [-0.25, -0.2) is 9.79 Å². The molecule has 0 aliphatic carbocycles. The molecule has 0 unspecified atom stereocenters. The van der Waals surface area contributed by atoms with Crippen molar-refractivity contribution in [3.8, 4) is 23.3 Å². The van der Waals surface area contributed by atoms with Crippen molar-refractivity contribution in [2.24, 2.45) is 4.99 Å². The molecule has 0 fully saturated rings. The van der Waals surface area contributed by atoms with Crippen LogP contribution in [0.1, 0.15) is 56.0 Å². The average Bonchev–Trinajstić information content (AvgIpc) is 3.33. The van der Waals surface area contributed by atoms with E-state index < -0.39 is 12.0 Å². The molecular weight excluding hydrogens is 844 g/mol. The van der Waals surface area contributed by atoms with Gasteiger partial charge in [0.15, 0.2) is 16.3 Å². The Morgan fingerprint density at radius 1 is 1.13 bits per heavy atom. The molecule has 2 heterocycles. The second-order valence-electron chi connectivity index (χ2n) is 10.8. The van der Waals surface area contributed by atoms with Crippen LogP contribution < -0.4 is 29.1 Å². The fraction of sp³-hybridized carbons (Fsp3) is 0.257. The number of allylic oxidation sites excluding steroid dienone is 1. The Morgan fingerprint density at radius 2 is 1.85 bits per heavy atom. The van der Waals surface area contributed by atoms with E-state index in [0.29, 0.717) is 43.4 Å². The second-order valence-corrected chi connectivity index (χ2v) is 14.1. The zero-order valence-electron chi connectivity index (χ0n) is 26.3. The van der Waals surface area contributed by atoms with Gasteiger partial charge < -0.3 is 18.9 Å². The Bertz CT molecular complexity index is 2090. The number of hydrogen-bond acceptors (Lipinski definition) is 9. The summed E-state index contributed by atoms with van der Waals surface area (Å²) in [6, 6.07) is 18.0. The van der Waals surface area contributed by atoms with Gasteiger partial charge in [0.25, 0.3) is 5.56 Å². The molecule has 47 heavy (non-hydrogen) atoms. The number of carbonyl (C=O) groups excluding carboxylic acids is 1. The van der Waals surface area contributed by atoms with Crippen LogP contribution in [0.25, 0.3) is 6.08 Å². The normalized spacial score (nSPS) is 14.4. The third kappa shape index (κ3) is 7.42. The highest BCUT2D eigenvalue weighted by Gasteiger charge is 2.34. The molecule has 0 saturated heterocycles. The standard InChI is InChI=1S/C35H31I2N3O6S/c1-6-44-34(42)30-20(4)39-35-40(31(30)22-11-12-27(46-19(2)3)28(16-22)43-5)33(41)29(47-35)15-21-13-25(36)32(26(37)14-21)45-18-24-10-8-7-9-23(24)17-38/h7-16,19,31H,6,18H2,1-5H3/b29-15-/t31-/m1/s1. The quantitative estimate of drug-likeness (QED) is 0.137. The predicted molar refractivity (Wildman–Crippen MR) is 197 cm³/mol. The van der Waals surface area contributed by atoms with Gasteiger partial charge in [-0.3, -0.25) is 9.36 Å². The number of nitrogens with zero attached hydrogens (tertiary/aromatic N) is 3. The first kappa shape index (κ1) is 34.6. The Morgan fingerprint density at radius 3 is 2.51 bits per heavy atom. The topological polar surface area (TPSA) is 112 Å². The van der Waals surface area contributed by atoms with E-state index in [1.165, 1.54) is 11.3 Å². The molecule has 1 atom stereocenters. The van der Waals surface area contributed by atoms with Gasteiger partial charge >= 0.3 is 5.97 Å². The van der Waals surface area contributed by atoms with E-state index in [2.05, 4.69) is 56.2 Å². The minimum absolute atomic E-state index is 0.0725. The number of methoxy groups -OCH3 is 1. The molecule has 242 valence electrons. The number of rotatable bonds is 10. The van der Waals surface area contributed by atoms with E-state index in [-0.39, 0.29) is 30.5 Å². The van der Waals surface area contributed by atoms with Crippen LogP contribution >= 0.6 is 56.5 Å². The maximum atomic E-state index is 14.2. The highest BCUT2D eigenvalue weighted by atomic mass is 127. The first-order chi connectivity index (χ1) is 22.6. The smallest absolute Gasteiger partial charge is 0.338 e. The fourth-order valence-corrected chi connectivity index (χ4v) is 8.34. The molecule has 4 aromatic rings. The van der Waals surface area contributed by atoms with Gasteiger partial charge in [-0.15, -0.1) is 0 Å². The van der Waals surface area contributed by atoms with Gasteiger partial charge in [0.1, 0.15) is 12.4 Å². The fourth-order valence-electron chi connectivity index (χ4n) is 5.17. The number of halogens is 2. The zero-order chi connectivity index (χ0) is 33.8. The maximum Gasteiger partial charge on any atom is 0.338 e. The summed E-state index contributed by atoms with van der Waals surface area (Å²) in [6.45, 7) is 7.78. The first-order valence-electron chi connectivity index (χ1n) is 14.7. The molecule has 12 heteroatoms. The van der Waals surface area contributed by atoms with E-state index in [9.17, 15) is 14.9 Å². The molecule has 1 aromatic heterocycles. The van der Waals surface area contributed by atoms with Crippen LogP contribution in [-0.2, 0) is 16.1 Å². The molecule has 0 saturated carbocycles. The molecule has 0 N–H and O–H groups in total. The molecule has 9 nitrogen and oxygen atoms in total.